The Bertz CT molecular complexity index is 669. The lowest BCUT2D eigenvalue weighted by atomic mass is 9.96. The van der Waals surface area contributed by atoms with E-state index in [-0.39, 0.29) is 17.7 Å². The average Bonchev–Trinajstić information content (AvgIpc) is 3.37. The molecule has 1 N–H and O–H groups in total. The molecule has 2 aliphatic heterocycles. The quantitative estimate of drug-likeness (QED) is 0.916. The summed E-state index contributed by atoms with van der Waals surface area (Å²) in [5.41, 5.74) is 3.83. The molecular weight excluding hydrogens is 302 g/mol. The molecule has 0 radical (unpaired) electrons. The largest absolute Gasteiger partial charge is 0.374 e. The zero-order chi connectivity index (χ0) is 16.7. The van der Waals surface area contributed by atoms with E-state index in [1.165, 1.54) is 11.3 Å². The van der Waals surface area contributed by atoms with E-state index in [1.807, 2.05) is 4.90 Å². The predicted octanol–water partition coefficient (Wildman–Crippen LogP) is 1.70. The fraction of sp³-hybridized carbons (Fsp3) is 0.579. The van der Waals surface area contributed by atoms with Crippen molar-refractivity contribution < 1.29 is 9.59 Å². The van der Waals surface area contributed by atoms with Gasteiger partial charge in [0, 0.05) is 44.8 Å². The summed E-state index contributed by atoms with van der Waals surface area (Å²) in [5.74, 6) is 0.263. The monoisotopic (exact) mass is 327 g/mol. The highest BCUT2D eigenvalue weighted by Crippen LogP contribution is 2.32. The van der Waals surface area contributed by atoms with Gasteiger partial charge in [-0.25, -0.2) is 0 Å². The third-order valence-corrected chi connectivity index (χ3v) is 5.54. The number of amides is 2. The average molecular weight is 327 g/mol. The predicted molar refractivity (Wildman–Crippen MR) is 92.7 cm³/mol. The molecule has 2 heterocycles. The van der Waals surface area contributed by atoms with E-state index in [0.717, 1.165) is 31.4 Å². The number of carbonyl (C=O) groups is 2. The lowest BCUT2D eigenvalue weighted by Gasteiger charge is -2.32. The number of benzene rings is 1. The van der Waals surface area contributed by atoms with Gasteiger partial charge in [-0.15, -0.1) is 0 Å². The molecule has 5 heteroatoms. The van der Waals surface area contributed by atoms with E-state index >= 15 is 0 Å². The maximum absolute atomic E-state index is 12.5. The highest BCUT2D eigenvalue weighted by atomic mass is 16.2. The maximum Gasteiger partial charge on any atom is 0.225 e. The second-order valence-electron chi connectivity index (χ2n) is 7.37. The van der Waals surface area contributed by atoms with Crippen molar-refractivity contribution in [2.24, 2.45) is 5.92 Å². The first-order valence-corrected chi connectivity index (χ1v) is 9.02. The number of likely N-dealkylation sites (N-methyl/N-ethyl adjacent to an activating group) is 1. The van der Waals surface area contributed by atoms with Crippen LogP contribution in [0.1, 0.15) is 36.8 Å². The van der Waals surface area contributed by atoms with Crippen LogP contribution in [0.3, 0.4) is 0 Å². The zero-order valence-corrected chi connectivity index (χ0v) is 14.3. The zero-order valence-electron chi connectivity index (χ0n) is 14.3. The molecule has 1 saturated carbocycles. The van der Waals surface area contributed by atoms with Crippen molar-refractivity contribution in [2.45, 2.75) is 44.7 Å². The van der Waals surface area contributed by atoms with Gasteiger partial charge in [-0.05, 0) is 42.9 Å². The highest BCUT2D eigenvalue weighted by Gasteiger charge is 2.38. The smallest absolute Gasteiger partial charge is 0.225 e. The number of hydrogen-bond donors (Lipinski definition) is 1. The number of hydrogen-bond acceptors (Lipinski definition) is 3. The lowest BCUT2D eigenvalue weighted by Crippen LogP contribution is -2.46. The third-order valence-electron chi connectivity index (χ3n) is 5.54. The van der Waals surface area contributed by atoms with Crippen LogP contribution in [0.25, 0.3) is 0 Å². The van der Waals surface area contributed by atoms with Crippen LogP contribution in [0.5, 0.6) is 0 Å². The number of likely N-dealkylation sites (tertiary alicyclic amines) is 1. The normalized spacial score (nSPS) is 23.4. The molecule has 3 aliphatic rings. The number of carbonyl (C=O) groups excluding carboxylic acids is 2. The maximum atomic E-state index is 12.5. The summed E-state index contributed by atoms with van der Waals surface area (Å²) in [6.07, 6.45) is 4.48. The fourth-order valence-corrected chi connectivity index (χ4v) is 3.89. The number of nitrogens with zero attached hydrogens (tertiary/aromatic N) is 2. The Kier molecular flexibility index (Phi) is 3.94. The Morgan fingerprint density at radius 1 is 1.25 bits per heavy atom. The SMILES string of the molecule is CN1CCc2cc(CNC(=O)C3CCC(=O)N(C4CC4)C3)ccc21. The van der Waals surface area contributed by atoms with Crippen molar-refractivity contribution in [1.82, 2.24) is 10.2 Å². The number of rotatable bonds is 4. The van der Waals surface area contributed by atoms with Crippen LogP contribution in [-0.4, -0.2) is 42.9 Å². The molecule has 2 fully saturated rings. The molecule has 5 nitrogen and oxygen atoms in total. The van der Waals surface area contributed by atoms with E-state index < -0.39 is 0 Å². The van der Waals surface area contributed by atoms with Crippen LogP contribution in [0, 0.1) is 5.92 Å². The van der Waals surface area contributed by atoms with Crippen LogP contribution in [0.4, 0.5) is 5.69 Å². The van der Waals surface area contributed by atoms with Gasteiger partial charge in [0.15, 0.2) is 0 Å². The van der Waals surface area contributed by atoms with Crippen LogP contribution in [-0.2, 0) is 22.6 Å². The second-order valence-corrected chi connectivity index (χ2v) is 7.37. The van der Waals surface area contributed by atoms with Gasteiger partial charge in [0.1, 0.15) is 0 Å². The molecular formula is C19H25N3O2. The summed E-state index contributed by atoms with van der Waals surface area (Å²) < 4.78 is 0. The summed E-state index contributed by atoms with van der Waals surface area (Å²) >= 11 is 0. The Balaban J connectivity index is 1.34. The van der Waals surface area contributed by atoms with Gasteiger partial charge in [-0.1, -0.05) is 12.1 Å². The minimum atomic E-state index is -0.0520. The Morgan fingerprint density at radius 2 is 2.08 bits per heavy atom. The van der Waals surface area contributed by atoms with Crippen LogP contribution < -0.4 is 10.2 Å². The van der Waals surface area contributed by atoms with Gasteiger partial charge in [0.2, 0.25) is 11.8 Å². The van der Waals surface area contributed by atoms with Crippen molar-refractivity contribution in [3.05, 3.63) is 29.3 Å². The van der Waals surface area contributed by atoms with E-state index in [1.54, 1.807) is 0 Å². The Hall–Kier alpha value is -2.04. The molecule has 0 spiro atoms. The van der Waals surface area contributed by atoms with Crippen molar-refractivity contribution in [1.29, 1.82) is 0 Å². The standard InChI is InChI=1S/C19H25N3O2/c1-21-9-8-14-10-13(2-6-17(14)21)11-20-19(24)15-3-7-18(23)22(12-15)16-4-5-16/h2,6,10,15-16H,3-5,7-9,11-12H2,1H3,(H,20,24). The van der Waals surface area contributed by atoms with Crippen molar-refractivity contribution in [3.8, 4) is 0 Å². The molecule has 1 aromatic carbocycles. The lowest BCUT2D eigenvalue weighted by molar-refractivity contribution is -0.138. The summed E-state index contributed by atoms with van der Waals surface area (Å²) in [6.45, 7) is 2.24. The molecule has 0 bridgehead atoms. The molecule has 1 atom stereocenters. The summed E-state index contributed by atoms with van der Waals surface area (Å²) in [7, 11) is 2.11. The Morgan fingerprint density at radius 3 is 2.88 bits per heavy atom. The van der Waals surface area contributed by atoms with Gasteiger partial charge in [0.25, 0.3) is 0 Å². The number of anilines is 1. The van der Waals surface area contributed by atoms with Crippen molar-refractivity contribution in [2.75, 3.05) is 25.0 Å². The van der Waals surface area contributed by atoms with Crippen LogP contribution >= 0.6 is 0 Å². The summed E-state index contributed by atoms with van der Waals surface area (Å²) in [4.78, 5) is 28.6. The summed E-state index contributed by atoms with van der Waals surface area (Å²) in [6, 6.07) is 6.86. The summed E-state index contributed by atoms with van der Waals surface area (Å²) in [5, 5.41) is 3.08. The minimum Gasteiger partial charge on any atom is -0.374 e. The third kappa shape index (κ3) is 2.99. The molecule has 1 aliphatic carbocycles. The first-order valence-electron chi connectivity index (χ1n) is 9.02. The van der Waals surface area contributed by atoms with Crippen LogP contribution in [0.15, 0.2) is 18.2 Å². The van der Waals surface area contributed by atoms with E-state index in [9.17, 15) is 9.59 Å². The first kappa shape index (κ1) is 15.5. The second kappa shape index (κ2) is 6.11. The molecule has 128 valence electrons. The van der Waals surface area contributed by atoms with Gasteiger partial charge in [0.05, 0.1) is 5.92 Å². The first-order chi connectivity index (χ1) is 11.6. The molecule has 24 heavy (non-hydrogen) atoms. The van der Waals surface area contributed by atoms with E-state index in [2.05, 4.69) is 35.5 Å². The van der Waals surface area contributed by atoms with Gasteiger partial charge < -0.3 is 15.1 Å². The molecule has 0 aromatic heterocycles. The Labute approximate surface area is 143 Å². The molecule has 4 rings (SSSR count). The fourth-order valence-electron chi connectivity index (χ4n) is 3.89. The molecule has 1 unspecified atom stereocenters. The molecule has 1 aromatic rings. The number of piperidine rings is 1. The van der Waals surface area contributed by atoms with Crippen molar-refractivity contribution in [3.63, 3.8) is 0 Å². The van der Waals surface area contributed by atoms with Gasteiger partial charge in [-0.3, -0.25) is 9.59 Å². The minimum absolute atomic E-state index is 0.0520. The topological polar surface area (TPSA) is 52.7 Å². The van der Waals surface area contributed by atoms with Crippen molar-refractivity contribution >= 4 is 17.5 Å². The number of nitrogens with one attached hydrogen (secondary N) is 1. The van der Waals surface area contributed by atoms with Gasteiger partial charge in [-0.2, -0.15) is 0 Å². The highest BCUT2D eigenvalue weighted by molar-refractivity contribution is 5.84. The molecule has 1 saturated heterocycles. The molecule has 2 amide bonds. The van der Waals surface area contributed by atoms with E-state index in [0.29, 0.717) is 32.0 Å². The number of fused-ring (bicyclic) bond motifs is 1. The van der Waals surface area contributed by atoms with Crippen LogP contribution in [0.2, 0.25) is 0 Å². The van der Waals surface area contributed by atoms with E-state index in [4.69, 9.17) is 0 Å². The van der Waals surface area contributed by atoms with Gasteiger partial charge >= 0.3 is 0 Å².